The first-order chi connectivity index (χ1) is 8.09. The molecule has 1 saturated heterocycles. The van der Waals surface area contributed by atoms with Crippen LogP contribution in [0.2, 0.25) is 0 Å². The van der Waals surface area contributed by atoms with Gasteiger partial charge in [-0.3, -0.25) is 4.79 Å². The predicted molar refractivity (Wildman–Crippen MR) is 74.4 cm³/mol. The summed E-state index contributed by atoms with van der Waals surface area (Å²) in [6.07, 6.45) is 2.12. The second kappa shape index (κ2) is 5.00. The second-order valence-corrected chi connectivity index (χ2v) is 5.77. The molecule has 1 aromatic rings. The molecule has 1 aliphatic rings. The average Bonchev–Trinajstić information content (AvgIpc) is 2.83. The molecule has 0 radical (unpaired) electrons. The number of aryl methyl sites for hydroxylation is 1. The molecular formula is C13H18N2OS. The zero-order valence-electron chi connectivity index (χ0n) is 10.2. The largest absolute Gasteiger partial charge is 0.398 e. The van der Waals surface area contributed by atoms with E-state index in [2.05, 4.69) is 5.32 Å². The molecule has 2 rings (SSSR count). The van der Waals surface area contributed by atoms with E-state index < -0.39 is 0 Å². The third kappa shape index (κ3) is 2.57. The molecule has 1 amide bonds. The number of hydrogen-bond acceptors (Lipinski definition) is 3. The third-order valence-electron chi connectivity index (χ3n) is 3.19. The lowest BCUT2D eigenvalue weighted by molar-refractivity contribution is -0.115. The minimum absolute atomic E-state index is 0.107. The number of carbonyl (C=O) groups is 1. The summed E-state index contributed by atoms with van der Waals surface area (Å²) < 4.78 is 0. The van der Waals surface area contributed by atoms with Gasteiger partial charge in [-0.15, -0.1) is 11.8 Å². The fourth-order valence-electron chi connectivity index (χ4n) is 2.04. The van der Waals surface area contributed by atoms with Crippen LogP contribution < -0.4 is 11.1 Å². The van der Waals surface area contributed by atoms with Gasteiger partial charge < -0.3 is 11.1 Å². The molecule has 4 heteroatoms. The Bertz CT molecular complexity index is 439. The number of nitrogens with one attached hydrogen (secondary N) is 1. The van der Waals surface area contributed by atoms with E-state index in [1.807, 2.05) is 26.0 Å². The monoisotopic (exact) mass is 250 g/mol. The molecule has 3 nitrogen and oxygen atoms in total. The summed E-state index contributed by atoms with van der Waals surface area (Å²) in [5.41, 5.74) is 9.49. The van der Waals surface area contributed by atoms with Gasteiger partial charge in [0.25, 0.3) is 0 Å². The Hall–Kier alpha value is -1.16. The van der Waals surface area contributed by atoms with Crippen LogP contribution >= 0.6 is 11.8 Å². The Kier molecular flexibility index (Phi) is 3.62. The normalized spacial score (nSPS) is 19.3. The van der Waals surface area contributed by atoms with Crippen LogP contribution in [0.15, 0.2) is 12.1 Å². The maximum Gasteiger partial charge on any atom is 0.237 e. The topological polar surface area (TPSA) is 55.1 Å². The molecule has 0 saturated carbocycles. The molecule has 1 aromatic carbocycles. The number of nitrogen functional groups attached to an aromatic ring is 1. The summed E-state index contributed by atoms with van der Waals surface area (Å²) in [5, 5.41) is 3.13. The quantitative estimate of drug-likeness (QED) is 0.793. The van der Waals surface area contributed by atoms with Crippen LogP contribution in [0, 0.1) is 13.8 Å². The van der Waals surface area contributed by atoms with Crippen molar-refractivity contribution in [1.82, 2.24) is 0 Å². The smallest absolute Gasteiger partial charge is 0.237 e. The first kappa shape index (κ1) is 12.3. The van der Waals surface area contributed by atoms with E-state index in [-0.39, 0.29) is 11.2 Å². The molecule has 0 bridgehead atoms. The highest BCUT2D eigenvalue weighted by molar-refractivity contribution is 8.00. The van der Waals surface area contributed by atoms with Gasteiger partial charge in [-0.2, -0.15) is 0 Å². The Morgan fingerprint density at radius 3 is 2.88 bits per heavy atom. The van der Waals surface area contributed by atoms with Crippen LogP contribution in [-0.4, -0.2) is 16.9 Å². The molecule has 1 aliphatic heterocycles. The molecule has 1 heterocycles. The second-order valence-electron chi connectivity index (χ2n) is 4.46. The van der Waals surface area contributed by atoms with Gasteiger partial charge >= 0.3 is 0 Å². The van der Waals surface area contributed by atoms with Crippen molar-refractivity contribution in [3.05, 3.63) is 23.3 Å². The number of rotatable bonds is 2. The van der Waals surface area contributed by atoms with E-state index in [1.165, 1.54) is 0 Å². The van der Waals surface area contributed by atoms with Gasteiger partial charge in [-0.05, 0) is 49.6 Å². The summed E-state index contributed by atoms with van der Waals surface area (Å²) in [7, 11) is 0. The van der Waals surface area contributed by atoms with Crippen LogP contribution in [0.5, 0.6) is 0 Å². The molecule has 1 atom stereocenters. The van der Waals surface area contributed by atoms with Gasteiger partial charge in [-0.25, -0.2) is 0 Å². The Labute approximate surface area is 106 Å². The first-order valence-corrected chi connectivity index (χ1v) is 6.92. The number of amides is 1. The minimum atomic E-state index is 0.107. The van der Waals surface area contributed by atoms with Crippen LogP contribution in [0.25, 0.3) is 0 Å². The number of thioether (sulfide) groups is 1. The Balaban J connectivity index is 2.17. The van der Waals surface area contributed by atoms with Crippen molar-refractivity contribution in [3.8, 4) is 0 Å². The van der Waals surface area contributed by atoms with E-state index in [9.17, 15) is 4.79 Å². The lowest BCUT2D eigenvalue weighted by Crippen LogP contribution is -2.24. The van der Waals surface area contributed by atoms with Crippen molar-refractivity contribution in [2.75, 3.05) is 16.8 Å². The van der Waals surface area contributed by atoms with E-state index >= 15 is 0 Å². The molecule has 1 fully saturated rings. The average molecular weight is 250 g/mol. The number of anilines is 2. The van der Waals surface area contributed by atoms with Crippen LogP contribution in [0.3, 0.4) is 0 Å². The first-order valence-electron chi connectivity index (χ1n) is 5.87. The maximum absolute atomic E-state index is 12.1. The van der Waals surface area contributed by atoms with Crippen LogP contribution in [-0.2, 0) is 4.79 Å². The van der Waals surface area contributed by atoms with E-state index in [0.29, 0.717) is 0 Å². The van der Waals surface area contributed by atoms with Gasteiger partial charge in [0, 0.05) is 11.4 Å². The summed E-state index contributed by atoms with van der Waals surface area (Å²) in [6.45, 7) is 3.93. The van der Waals surface area contributed by atoms with Crippen molar-refractivity contribution in [2.45, 2.75) is 31.9 Å². The molecule has 0 aromatic heterocycles. The summed E-state index contributed by atoms with van der Waals surface area (Å²) in [4.78, 5) is 12.1. The molecular weight excluding hydrogens is 232 g/mol. The van der Waals surface area contributed by atoms with Crippen molar-refractivity contribution >= 4 is 29.0 Å². The van der Waals surface area contributed by atoms with Crippen LogP contribution in [0.4, 0.5) is 11.4 Å². The van der Waals surface area contributed by atoms with Gasteiger partial charge in [0.05, 0.1) is 5.25 Å². The molecule has 0 spiro atoms. The van der Waals surface area contributed by atoms with Gasteiger partial charge in [-0.1, -0.05) is 6.07 Å². The maximum atomic E-state index is 12.1. The summed E-state index contributed by atoms with van der Waals surface area (Å²) in [5.74, 6) is 1.21. The number of nitrogens with two attached hydrogens (primary N) is 1. The Morgan fingerprint density at radius 2 is 2.24 bits per heavy atom. The highest BCUT2D eigenvalue weighted by Gasteiger charge is 2.24. The zero-order chi connectivity index (χ0) is 12.4. The van der Waals surface area contributed by atoms with Gasteiger partial charge in [0.15, 0.2) is 0 Å². The fourth-order valence-corrected chi connectivity index (χ4v) is 3.21. The molecule has 0 aliphatic carbocycles. The number of hydrogen-bond donors (Lipinski definition) is 2. The van der Waals surface area contributed by atoms with Crippen LogP contribution in [0.1, 0.15) is 24.0 Å². The van der Waals surface area contributed by atoms with Crippen molar-refractivity contribution in [2.24, 2.45) is 0 Å². The zero-order valence-corrected chi connectivity index (χ0v) is 11.1. The van der Waals surface area contributed by atoms with E-state index in [1.54, 1.807) is 11.8 Å². The number of benzene rings is 1. The van der Waals surface area contributed by atoms with Crippen molar-refractivity contribution in [1.29, 1.82) is 0 Å². The van der Waals surface area contributed by atoms with Gasteiger partial charge in [0.2, 0.25) is 5.91 Å². The summed E-state index contributed by atoms with van der Waals surface area (Å²) in [6, 6.07) is 3.82. The Morgan fingerprint density at radius 1 is 1.47 bits per heavy atom. The molecule has 92 valence electrons. The highest BCUT2D eigenvalue weighted by Crippen LogP contribution is 2.30. The van der Waals surface area contributed by atoms with E-state index in [4.69, 9.17) is 5.73 Å². The van der Waals surface area contributed by atoms with Gasteiger partial charge in [0.1, 0.15) is 0 Å². The lowest BCUT2D eigenvalue weighted by Gasteiger charge is -2.15. The third-order valence-corrected chi connectivity index (χ3v) is 4.56. The highest BCUT2D eigenvalue weighted by atomic mass is 32.2. The predicted octanol–water partition coefficient (Wildman–Crippen LogP) is 2.72. The number of carbonyl (C=O) groups excluding carboxylic acids is 1. The molecule has 3 N–H and O–H groups in total. The van der Waals surface area contributed by atoms with Crippen molar-refractivity contribution in [3.63, 3.8) is 0 Å². The SMILES string of the molecule is Cc1ccc(N)c(C)c1NC(=O)C1CCCS1. The molecule has 1 unspecified atom stereocenters. The molecule has 17 heavy (non-hydrogen) atoms. The fraction of sp³-hybridized carbons (Fsp3) is 0.462. The van der Waals surface area contributed by atoms with Crippen molar-refractivity contribution < 1.29 is 4.79 Å². The lowest BCUT2D eigenvalue weighted by atomic mass is 10.1. The standard InChI is InChI=1S/C13H18N2OS/c1-8-5-6-10(14)9(2)12(8)15-13(16)11-4-3-7-17-11/h5-6,11H,3-4,7,14H2,1-2H3,(H,15,16). The minimum Gasteiger partial charge on any atom is -0.398 e. The van der Waals surface area contributed by atoms with E-state index in [0.717, 1.165) is 41.1 Å². The summed E-state index contributed by atoms with van der Waals surface area (Å²) >= 11 is 1.74.